The Morgan fingerprint density at radius 3 is 2.41 bits per heavy atom. The van der Waals surface area contributed by atoms with Crippen LogP contribution < -0.4 is 11.1 Å². The molecule has 1 saturated heterocycles. The molecule has 1 heterocycles. The Morgan fingerprint density at radius 2 is 1.82 bits per heavy atom. The Labute approximate surface area is 140 Å². The Balaban J connectivity index is 0.00000242. The van der Waals surface area contributed by atoms with Crippen LogP contribution >= 0.6 is 12.4 Å². The molecule has 0 unspecified atom stereocenters. The molecule has 0 bridgehead atoms. The SMILES string of the molecule is Cl.NCC1(C(=O)NCCOC2CCCCCC2)CCOCC1. The van der Waals surface area contributed by atoms with Gasteiger partial charge in [-0.05, 0) is 25.7 Å². The first-order chi connectivity index (χ1) is 10.3. The van der Waals surface area contributed by atoms with Crippen molar-refractivity contribution in [3.8, 4) is 0 Å². The summed E-state index contributed by atoms with van der Waals surface area (Å²) in [5, 5.41) is 3.00. The van der Waals surface area contributed by atoms with Gasteiger partial charge >= 0.3 is 0 Å². The zero-order chi connectivity index (χ0) is 15.0. The van der Waals surface area contributed by atoms with E-state index in [0.29, 0.717) is 39.0 Å². The molecule has 1 amide bonds. The number of rotatable bonds is 6. The van der Waals surface area contributed by atoms with Crippen molar-refractivity contribution >= 4 is 18.3 Å². The van der Waals surface area contributed by atoms with Gasteiger partial charge in [-0.3, -0.25) is 4.79 Å². The molecular formula is C16H31ClN2O3. The second kappa shape index (κ2) is 10.4. The fraction of sp³-hybridized carbons (Fsp3) is 0.938. The molecule has 0 atom stereocenters. The lowest BCUT2D eigenvalue weighted by Crippen LogP contribution is -2.49. The van der Waals surface area contributed by atoms with E-state index < -0.39 is 5.41 Å². The normalized spacial score (nSPS) is 22.4. The van der Waals surface area contributed by atoms with Crippen molar-refractivity contribution in [1.82, 2.24) is 5.32 Å². The number of ether oxygens (including phenoxy) is 2. The van der Waals surface area contributed by atoms with E-state index in [9.17, 15) is 4.79 Å². The molecule has 22 heavy (non-hydrogen) atoms. The van der Waals surface area contributed by atoms with Gasteiger partial charge in [0, 0.05) is 26.3 Å². The molecule has 2 aliphatic rings. The van der Waals surface area contributed by atoms with Gasteiger partial charge in [0.2, 0.25) is 5.91 Å². The first-order valence-electron chi connectivity index (χ1n) is 8.44. The van der Waals surface area contributed by atoms with E-state index in [1.165, 1.54) is 25.7 Å². The van der Waals surface area contributed by atoms with Crippen LogP contribution in [0.25, 0.3) is 0 Å². The van der Waals surface area contributed by atoms with Crippen molar-refractivity contribution in [2.24, 2.45) is 11.1 Å². The average Bonchev–Trinajstić information content (AvgIpc) is 2.80. The minimum Gasteiger partial charge on any atom is -0.381 e. The largest absolute Gasteiger partial charge is 0.381 e. The van der Waals surface area contributed by atoms with Crippen LogP contribution in [-0.4, -0.2) is 44.9 Å². The van der Waals surface area contributed by atoms with Crippen molar-refractivity contribution in [2.45, 2.75) is 57.5 Å². The molecule has 0 aromatic carbocycles. The van der Waals surface area contributed by atoms with Crippen molar-refractivity contribution in [1.29, 1.82) is 0 Å². The molecule has 5 nitrogen and oxygen atoms in total. The molecule has 1 aliphatic heterocycles. The maximum absolute atomic E-state index is 12.4. The van der Waals surface area contributed by atoms with Gasteiger partial charge in [-0.15, -0.1) is 12.4 Å². The minimum absolute atomic E-state index is 0. The Morgan fingerprint density at radius 1 is 1.18 bits per heavy atom. The number of nitrogens with one attached hydrogen (secondary N) is 1. The summed E-state index contributed by atoms with van der Waals surface area (Å²) in [4.78, 5) is 12.4. The van der Waals surface area contributed by atoms with Crippen molar-refractivity contribution in [2.75, 3.05) is 32.9 Å². The topological polar surface area (TPSA) is 73.6 Å². The maximum atomic E-state index is 12.4. The number of carbonyl (C=O) groups is 1. The quantitative estimate of drug-likeness (QED) is 0.575. The summed E-state index contributed by atoms with van der Waals surface area (Å²) in [5.74, 6) is 0.0674. The van der Waals surface area contributed by atoms with Gasteiger partial charge in [-0.1, -0.05) is 25.7 Å². The summed E-state index contributed by atoms with van der Waals surface area (Å²) < 4.78 is 11.2. The van der Waals surface area contributed by atoms with Crippen LogP contribution in [0.4, 0.5) is 0 Å². The first kappa shape index (κ1) is 19.7. The summed E-state index contributed by atoms with van der Waals surface area (Å²) in [6.45, 7) is 2.84. The fourth-order valence-corrected chi connectivity index (χ4v) is 3.27. The molecule has 3 N–H and O–H groups in total. The summed E-state index contributed by atoms with van der Waals surface area (Å²) >= 11 is 0. The third-order valence-corrected chi connectivity index (χ3v) is 4.87. The van der Waals surface area contributed by atoms with Crippen molar-refractivity contribution < 1.29 is 14.3 Å². The average molecular weight is 335 g/mol. The highest BCUT2D eigenvalue weighted by Crippen LogP contribution is 2.29. The third kappa shape index (κ3) is 5.69. The number of carbonyl (C=O) groups excluding carboxylic acids is 1. The second-order valence-corrected chi connectivity index (χ2v) is 6.34. The zero-order valence-electron chi connectivity index (χ0n) is 13.5. The van der Waals surface area contributed by atoms with Crippen LogP contribution in [-0.2, 0) is 14.3 Å². The lowest BCUT2D eigenvalue weighted by molar-refractivity contribution is -0.136. The molecule has 0 spiro atoms. The standard InChI is InChI=1S/C16H30N2O3.ClH/c17-13-16(7-10-20-11-8-16)15(19)18-9-12-21-14-5-3-1-2-4-6-14;/h14H,1-13,17H2,(H,18,19);1H. The van der Waals surface area contributed by atoms with Gasteiger partial charge in [-0.2, -0.15) is 0 Å². The molecule has 130 valence electrons. The van der Waals surface area contributed by atoms with E-state index in [1.807, 2.05) is 0 Å². The van der Waals surface area contributed by atoms with Crippen LogP contribution in [0.2, 0.25) is 0 Å². The van der Waals surface area contributed by atoms with Gasteiger partial charge in [0.25, 0.3) is 0 Å². The predicted molar refractivity (Wildman–Crippen MR) is 89.2 cm³/mol. The van der Waals surface area contributed by atoms with Gasteiger partial charge in [0.1, 0.15) is 0 Å². The lowest BCUT2D eigenvalue weighted by Gasteiger charge is -2.34. The van der Waals surface area contributed by atoms with E-state index in [2.05, 4.69) is 5.32 Å². The number of hydrogen-bond acceptors (Lipinski definition) is 4. The van der Waals surface area contributed by atoms with E-state index in [0.717, 1.165) is 25.7 Å². The number of hydrogen-bond donors (Lipinski definition) is 2. The Kier molecular flexibility index (Phi) is 9.33. The Bertz CT molecular complexity index is 315. The molecular weight excluding hydrogens is 304 g/mol. The minimum atomic E-state index is -0.430. The number of halogens is 1. The molecule has 2 fully saturated rings. The van der Waals surface area contributed by atoms with Crippen LogP contribution in [0.1, 0.15) is 51.4 Å². The van der Waals surface area contributed by atoms with Crippen molar-refractivity contribution in [3.63, 3.8) is 0 Å². The van der Waals surface area contributed by atoms with E-state index in [-0.39, 0.29) is 18.3 Å². The molecule has 2 rings (SSSR count). The van der Waals surface area contributed by atoms with Gasteiger partial charge in [0.15, 0.2) is 0 Å². The van der Waals surface area contributed by atoms with Crippen LogP contribution in [0.15, 0.2) is 0 Å². The molecule has 0 radical (unpaired) electrons. The Hall–Kier alpha value is -0.360. The predicted octanol–water partition coefficient (Wildman–Crippen LogP) is 2.02. The zero-order valence-corrected chi connectivity index (χ0v) is 14.3. The molecule has 0 aromatic rings. The summed E-state index contributed by atoms with van der Waals surface area (Å²) in [6, 6.07) is 0. The number of nitrogens with two attached hydrogens (primary N) is 1. The monoisotopic (exact) mass is 334 g/mol. The summed E-state index contributed by atoms with van der Waals surface area (Å²) in [6.07, 6.45) is 9.36. The smallest absolute Gasteiger partial charge is 0.227 e. The maximum Gasteiger partial charge on any atom is 0.227 e. The van der Waals surface area contributed by atoms with Gasteiger partial charge < -0.3 is 20.5 Å². The van der Waals surface area contributed by atoms with E-state index in [1.54, 1.807) is 0 Å². The van der Waals surface area contributed by atoms with Crippen LogP contribution in [0.5, 0.6) is 0 Å². The number of amides is 1. The third-order valence-electron chi connectivity index (χ3n) is 4.87. The highest BCUT2D eigenvalue weighted by Gasteiger charge is 2.38. The van der Waals surface area contributed by atoms with Crippen LogP contribution in [0, 0.1) is 5.41 Å². The van der Waals surface area contributed by atoms with Crippen LogP contribution in [0.3, 0.4) is 0 Å². The molecule has 1 aliphatic carbocycles. The highest BCUT2D eigenvalue weighted by molar-refractivity contribution is 5.85. The lowest BCUT2D eigenvalue weighted by atomic mass is 9.79. The molecule has 6 heteroatoms. The molecule has 0 aromatic heterocycles. The van der Waals surface area contributed by atoms with Gasteiger partial charge in [0.05, 0.1) is 18.1 Å². The summed E-state index contributed by atoms with van der Waals surface area (Å²) in [7, 11) is 0. The van der Waals surface area contributed by atoms with Crippen molar-refractivity contribution in [3.05, 3.63) is 0 Å². The molecule has 1 saturated carbocycles. The van der Waals surface area contributed by atoms with E-state index in [4.69, 9.17) is 15.2 Å². The highest BCUT2D eigenvalue weighted by atomic mass is 35.5. The fourth-order valence-electron chi connectivity index (χ4n) is 3.27. The van der Waals surface area contributed by atoms with Gasteiger partial charge in [-0.25, -0.2) is 0 Å². The first-order valence-corrected chi connectivity index (χ1v) is 8.44. The van der Waals surface area contributed by atoms with E-state index >= 15 is 0 Å². The summed E-state index contributed by atoms with van der Waals surface area (Å²) in [5.41, 5.74) is 5.40. The second-order valence-electron chi connectivity index (χ2n) is 6.34.